The molecule has 1 heterocycles. The van der Waals surface area contributed by atoms with Gasteiger partial charge in [0.05, 0.1) is 5.69 Å². The van der Waals surface area contributed by atoms with Crippen LogP contribution >= 0.6 is 0 Å². The second-order valence-electron chi connectivity index (χ2n) is 4.20. The maximum Gasteiger partial charge on any atom is 0.674 e. The summed E-state index contributed by atoms with van der Waals surface area (Å²) in [6.07, 6.45) is 5.68. The monoisotopic (exact) mass is 528 g/mol. The maximum atomic E-state index is 10.1. The quantitative estimate of drug-likeness (QED) is 0.113. The topological polar surface area (TPSA) is 267 Å². The Morgan fingerprint density at radius 1 is 0.543 bits per heavy atom. The molecule has 1 aliphatic rings. The van der Waals surface area contributed by atoms with Gasteiger partial charge in [-0.1, -0.05) is 24.3 Å². The van der Waals surface area contributed by atoms with E-state index in [0.29, 0.717) is 0 Å². The van der Waals surface area contributed by atoms with Crippen molar-refractivity contribution in [3.8, 4) is 0 Å². The number of allylic oxidation sites excluding steroid dienone is 1. The molecule has 0 saturated heterocycles. The number of hydrazone groups is 1. The fraction of sp³-hybridized carbons (Fsp3) is 0. The van der Waals surface area contributed by atoms with Crippen LogP contribution in [0.25, 0.3) is 6.08 Å². The Bertz CT molecular complexity index is 551. The number of nitrogens with one attached hydrogen (secondary N) is 1. The van der Waals surface area contributed by atoms with Crippen LogP contribution < -0.4 is 5.43 Å². The molecule has 0 unspecified atom stereocenters. The summed E-state index contributed by atoms with van der Waals surface area (Å²) in [6.45, 7) is 0. The average molecular weight is 527 g/mol. The molecule has 14 nitrogen and oxygen atoms in total. The van der Waals surface area contributed by atoms with Crippen LogP contribution in [0.3, 0.4) is 0 Å². The zero-order valence-electron chi connectivity index (χ0n) is 17.1. The molecule has 13 N–H and O–H groups in total. The molecule has 2 rings (SSSR count). The van der Waals surface area contributed by atoms with Gasteiger partial charge in [0.2, 0.25) is 0 Å². The minimum absolute atomic E-state index is 1.05. The average Bonchev–Trinajstić information content (AvgIpc) is 2.84. The van der Waals surface area contributed by atoms with Gasteiger partial charge in [0.15, 0.2) is 0 Å². The first-order valence-electron chi connectivity index (χ1n) is 7.92. The molecule has 35 heavy (non-hydrogen) atoms. The third kappa shape index (κ3) is 99.8. The van der Waals surface area contributed by atoms with Crippen molar-refractivity contribution >= 4 is 62.4 Å². The van der Waals surface area contributed by atoms with E-state index in [9.17, 15) is 25.9 Å². The van der Waals surface area contributed by atoms with E-state index in [2.05, 4.69) is 10.5 Å². The van der Waals surface area contributed by atoms with Crippen molar-refractivity contribution in [3.63, 3.8) is 0 Å². The van der Waals surface area contributed by atoms with Gasteiger partial charge in [0.1, 0.15) is 0 Å². The van der Waals surface area contributed by atoms with Gasteiger partial charge in [-0.05, 0) is 17.7 Å². The molecule has 1 aromatic carbocycles. The number of halogens is 6. The van der Waals surface area contributed by atoms with Crippen molar-refractivity contribution in [1.29, 1.82) is 0 Å². The van der Waals surface area contributed by atoms with Crippen molar-refractivity contribution in [2.24, 2.45) is 5.10 Å². The van der Waals surface area contributed by atoms with E-state index in [0.717, 1.165) is 5.69 Å². The van der Waals surface area contributed by atoms with E-state index >= 15 is 0 Å². The number of anilines is 1. The Hall–Kier alpha value is -2.08. The van der Waals surface area contributed by atoms with E-state index < -0.39 is 44.4 Å². The van der Waals surface area contributed by atoms with E-state index in [4.69, 9.17) is 60.3 Å². The first-order chi connectivity index (χ1) is 15.9. The lowest BCUT2D eigenvalue weighted by Gasteiger charge is -2.00. The predicted molar refractivity (Wildman–Crippen MR) is 115 cm³/mol. The van der Waals surface area contributed by atoms with Crippen molar-refractivity contribution in [1.82, 2.24) is 0 Å². The third-order valence-corrected chi connectivity index (χ3v) is 1.58. The number of hydrogen-bond acceptors (Lipinski definition) is 14. The highest BCUT2D eigenvalue weighted by atomic mass is 19.1. The van der Waals surface area contributed by atoms with Gasteiger partial charge in [0.25, 0.3) is 0 Å². The lowest BCUT2D eigenvalue weighted by molar-refractivity contribution is 0.338. The number of benzene rings is 1. The molecular formula is C9H20B6F6N2O12. The minimum Gasteiger partial charge on any atom is -0.398 e. The minimum atomic E-state index is -2.67. The molecule has 1 aliphatic heterocycles. The Labute approximate surface area is 195 Å². The van der Waals surface area contributed by atoms with Crippen LogP contribution in [-0.2, 0) is 0 Å². The Morgan fingerprint density at radius 2 is 0.829 bits per heavy atom. The standard InChI is InChI=1S/C9H8N2.6BFH2O2/c1-2-6-9-8(4-1)5-3-7-10-11-9;6*2-1(3)4/h1-7,11H;6*3-4H. The van der Waals surface area contributed by atoms with Gasteiger partial charge < -0.3 is 60.3 Å². The Balaban J connectivity index is -0.000000108. The Morgan fingerprint density at radius 3 is 1.14 bits per heavy atom. The molecular weight excluding hydrogens is 507 g/mol. The molecule has 0 radical (unpaired) electrons. The van der Waals surface area contributed by atoms with Crippen LogP contribution in [0.1, 0.15) is 5.56 Å². The summed E-state index contributed by atoms with van der Waals surface area (Å²) in [5, 5.41) is 87.3. The molecule has 0 saturated carbocycles. The van der Waals surface area contributed by atoms with E-state index in [1.165, 1.54) is 5.56 Å². The van der Waals surface area contributed by atoms with Crippen molar-refractivity contribution in [3.05, 3.63) is 35.9 Å². The molecule has 198 valence electrons. The molecule has 0 aliphatic carbocycles. The van der Waals surface area contributed by atoms with Crippen LogP contribution in [-0.4, -0.2) is 111 Å². The maximum absolute atomic E-state index is 10.1. The highest BCUT2D eigenvalue weighted by Crippen LogP contribution is 2.17. The van der Waals surface area contributed by atoms with Gasteiger partial charge in [-0.2, -0.15) is 5.10 Å². The van der Waals surface area contributed by atoms with Crippen molar-refractivity contribution in [2.75, 3.05) is 5.43 Å². The molecule has 0 atom stereocenters. The normalized spacial score (nSPS) is 8.86. The zero-order chi connectivity index (χ0) is 29.0. The highest BCUT2D eigenvalue weighted by Gasteiger charge is 1.99. The lowest BCUT2D eigenvalue weighted by atomic mass is 10.2. The molecule has 0 bridgehead atoms. The summed E-state index contributed by atoms with van der Waals surface area (Å²) in [4.78, 5) is 0. The summed E-state index contributed by atoms with van der Waals surface area (Å²) in [5.41, 5.74) is 5.16. The SMILES string of the molecule is C1=Cc2ccccc2NN=C1.OB(O)F.OB(O)F.OB(O)F.OB(O)F.OB(O)F.OB(O)F. The smallest absolute Gasteiger partial charge is 0.398 e. The van der Waals surface area contributed by atoms with Crippen LogP contribution in [0.2, 0.25) is 0 Å². The predicted octanol–water partition coefficient (Wildman–Crippen LogP) is -4.34. The fourth-order valence-electron chi connectivity index (χ4n) is 1.04. The first-order valence-corrected chi connectivity index (χ1v) is 7.92. The molecule has 0 amide bonds. The van der Waals surface area contributed by atoms with Crippen molar-refractivity contribution in [2.45, 2.75) is 0 Å². The van der Waals surface area contributed by atoms with E-state index in [-0.39, 0.29) is 0 Å². The molecule has 1 aromatic rings. The largest absolute Gasteiger partial charge is 0.674 e. The second-order valence-corrected chi connectivity index (χ2v) is 4.20. The lowest BCUT2D eigenvalue weighted by Crippen LogP contribution is -1.98. The van der Waals surface area contributed by atoms with Crippen molar-refractivity contribution < 1.29 is 86.2 Å². The highest BCUT2D eigenvalue weighted by molar-refractivity contribution is 6.32. The van der Waals surface area contributed by atoms with Crippen LogP contribution in [0.4, 0.5) is 31.6 Å². The van der Waals surface area contributed by atoms with Crippen LogP contribution in [0.5, 0.6) is 0 Å². The van der Waals surface area contributed by atoms with Crippen LogP contribution in [0.15, 0.2) is 35.4 Å². The molecule has 0 aromatic heterocycles. The van der Waals surface area contributed by atoms with E-state index in [1.807, 2.05) is 36.4 Å². The molecule has 0 fully saturated rings. The van der Waals surface area contributed by atoms with Crippen LogP contribution in [0, 0.1) is 0 Å². The van der Waals surface area contributed by atoms with Gasteiger partial charge in [-0.15, -0.1) is 0 Å². The summed E-state index contributed by atoms with van der Waals surface area (Å²) in [5.74, 6) is 0. The summed E-state index contributed by atoms with van der Waals surface area (Å²) in [6, 6.07) is 8.05. The van der Waals surface area contributed by atoms with Gasteiger partial charge >= 0.3 is 44.4 Å². The Kier molecular flexibility index (Phi) is 39.2. The molecule has 26 heteroatoms. The summed E-state index contributed by atoms with van der Waals surface area (Å²) < 4.78 is 60.7. The van der Waals surface area contributed by atoms with Gasteiger partial charge in [0, 0.05) is 6.21 Å². The third-order valence-electron chi connectivity index (χ3n) is 1.58. The van der Waals surface area contributed by atoms with Gasteiger partial charge in [-0.3, -0.25) is 31.3 Å². The number of nitrogens with zero attached hydrogens (tertiary/aromatic N) is 1. The van der Waals surface area contributed by atoms with E-state index in [1.54, 1.807) is 6.21 Å². The zero-order valence-corrected chi connectivity index (χ0v) is 17.1. The first kappa shape index (κ1) is 43.0. The number of para-hydroxylation sites is 1. The number of hydrogen-bond donors (Lipinski definition) is 13. The second kappa shape index (κ2) is 31.9. The summed E-state index contributed by atoms with van der Waals surface area (Å²) >= 11 is 0. The fourth-order valence-corrected chi connectivity index (χ4v) is 1.04. The van der Waals surface area contributed by atoms with Gasteiger partial charge in [-0.25, -0.2) is 0 Å². The number of rotatable bonds is 0. The molecule has 0 spiro atoms. The summed E-state index contributed by atoms with van der Waals surface area (Å²) in [7, 11) is -16.0. The number of fused-ring (bicyclic) bond motifs is 1.